The molecule has 20 heavy (non-hydrogen) atoms. The van der Waals surface area contributed by atoms with Gasteiger partial charge >= 0.3 is 0 Å². The summed E-state index contributed by atoms with van der Waals surface area (Å²) in [5, 5.41) is 8.66. The second kappa shape index (κ2) is 6.24. The van der Waals surface area contributed by atoms with Crippen LogP contribution in [0.4, 0.5) is 0 Å². The standard InChI is InChI=1S/C14H19ClN4O/c1-9(16)7-11-5-4-6-12(15)14(11)20-8-13-18-17-10(2)19(13)3/h4-6,9H,7-8,16H2,1-3H3. The highest BCUT2D eigenvalue weighted by Crippen LogP contribution is 2.30. The molecule has 0 amide bonds. The summed E-state index contributed by atoms with van der Waals surface area (Å²) in [5.41, 5.74) is 6.86. The lowest BCUT2D eigenvalue weighted by Gasteiger charge is -2.14. The number of benzene rings is 1. The van der Waals surface area contributed by atoms with E-state index >= 15 is 0 Å². The molecule has 2 rings (SSSR count). The third-order valence-electron chi connectivity index (χ3n) is 3.12. The Kier molecular flexibility index (Phi) is 4.62. The number of hydrogen-bond acceptors (Lipinski definition) is 4. The van der Waals surface area contributed by atoms with Gasteiger partial charge in [0.1, 0.15) is 18.2 Å². The van der Waals surface area contributed by atoms with Gasteiger partial charge in [-0.1, -0.05) is 23.7 Å². The predicted molar refractivity (Wildman–Crippen MR) is 78.9 cm³/mol. The van der Waals surface area contributed by atoms with Gasteiger partial charge in [0.2, 0.25) is 0 Å². The minimum absolute atomic E-state index is 0.0490. The van der Waals surface area contributed by atoms with Gasteiger partial charge in [-0.3, -0.25) is 0 Å². The lowest BCUT2D eigenvalue weighted by atomic mass is 10.1. The molecule has 0 bridgehead atoms. The Morgan fingerprint density at radius 1 is 1.40 bits per heavy atom. The average molecular weight is 295 g/mol. The van der Waals surface area contributed by atoms with Crippen LogP contribution in [0.5, 0.6) is 5.75 Å². The highest BCUT2D eigenvalue weighted by molar-refractivity contribution is 6.32. The van der Waals surface area contributed by atoms with Gasteiger partial charge in [-0.25, -0.2) is 0 Å². The van der Waals surface area contributed by atoms with Gasteiger partial charge in [0, 0.05) is 13.1 Å². The third-order valence-corrected chi connectivity index (χ3v) is 3.42. The van der Waals surface area contributed by atoms with Crippen molar-refractivity contribution in [2.75, 3.05) is 0 Å². The van der Waals surface area contributed by atoms with Crippen molar-refractivity contribution in [2.45, 2.75) is 32.9 Å². The lowest BCUT2D eigenvalue weighted by molar-refractivity contribution is 0.287. The van der Waals surface area contributed by atoms with E-state index in [2.05, 4.69) is 10.2 Å². The minimum atomic E-state index is 0.0490. The summed E-state index contributed by atoms with van der Waals surface area (Å²) >= 11 is 6.22. The molecule has 5 nitrogen and oxygen atoms in total. The summed E-state index contributed by atoms with van der Waals surface area (Å²) < 4.78 is 7.73. The van der Waals surface area contributed by atoms with Crippen LogP contribution in [0.25, 0.3) is 0 Å². The number of aromatic nitrogens is 3. The molecule has 1 atom stereocenters. The molecular weight excluding hydrogens is 276 g/mol. The molecule has 1 heterocycles. The Balaban J connectivity index is 2.18. The fourth-order valence-electron chi connectivity index (χ4n) is 1.94. The van der Waals surface area contributed by atoms with Gasteiger partial charge in [0.15, 0.2) is 5.82 Å². The molecule has 0 aliphatic heterocycles. The van der Waals surface area contributed by atoms with E-state index < -0.39 is 0 Å². The van der Waals surface area contributed by atoms with Crippen LogP contribution in [0.2, 0.25) is 5.02 Å². The van der Waals surface area contributed by atoms with Crippen molar-refractivity contribution < 1.29 is 4.74 Å². The van der Waals surface area contributed by atoms with Gasteiger partial charge in [0.05, 0.1) is 5.02 Å². The summed E-state index contributed by atoms with van der Waals surface area (Å²) in [6.45, 7) is 4.18. The number of halogens is 1. The van der Waals surface area contributed by atoms with E-state index in [-0.39, 0.29) is 6.04 Å². The highest BCUT2D eigenvalue weighted by atomic mass is 35.5. The topological polar surface area (TPSA) is 66.0 Å². The Bertz CT molecular complexity index is 595. The molecular formula is C14H19ClN4O. The maximum absolute atomic E-state index is 6.22. The van der Waals surface area contributed by atoms with Crippen LogP contribution < -0.4 is 10.5 Å². The van der Waals surface area contributed by atoms with Crippen molar-refractivity contribution in [2.24, 2.45) is 12.8 Å². The normalized spacial score (nSPS) is 12.4. The van der Waals surface area contributed by atoms with E-state index in [0.717, 1.165) is 17.2 Å². The quantitative estimate of drug-likeness (QED) is 0.918. The average Bonchev–Trinajstić information content (AvgIpc) is 2.69. The molecule has 6 heteroatoms. The number of nitrogens with two attached hydrogens (primary N) is 1. The first-order valence-electron chi connectivity index (χ1n) is 6.49. The van der Waals surface area contributed by atoms with E-state index in [1.807, 2.05) is 43.7 Å². The molecule has 2 aromatic rings. The van der Waals surface area contributed by atoms with Crippen LogP contribution in [0.15, 0.2) is 18.2 Å². The van der Waals surface area contributed by atoms with Crippen molar-refractivity contribution in [3.8, 4) is 5.75 Å². The van der Waals surface area contributed by atoms with Gasteiger partial charge in [-0.15, -0.1) is 10.2 Å². The Hall–Kier alpha value is -1.59. The molecule has 0 fully saturated rings. The number of ether oxygens (including phenoxy) is 1. The number of hydrogen-bond donors (Lipinski definition) is 1. The fraction of sp³-hybridized carbons (Fsp3) is 0.429. The number of nitrogens with zero attached hydrogens (tertiary/aromatic N) is 3. The van der Waals surface area contributed by atoms with E-state index in [4.69, 9.17) is 22.1 Å². The van der Waals surface area contributed by atoms with Crippen LogP contribution in [-0.4, -0.2) is 20.8 Å². The van der Waals surface area contributed by atoms with Gasteiger partial charge < -0.3 is 15.0 Å². The smallest absolute Gasteiger partial charge is 0.170 e. The summed E-state index contributed by atoms with van der Waals surface area (Å²) in [4.78, 5) is 0. The zero-order valence-corrected chi connectivity index (χ0v) is 12.7. The molecule has 0 spiro atoms. The van der Waals surface area contributed by atoms with Crippen molar-refractivity contribution in [1.82, 2.24) is 14.8 Å². The lowest BCUT2D eigenvalue weighted by Crippen LogP contribution is -2.18. The summed E-state index contributed by atoms with van der Waals surface area (Å²) in [5.74, 6) is 2.28. The molecule has 1 unspecified atom stereocenters. The Labute approximate surface area is 123 Å². The largest absolute Gasteiger partial charge is 0.484 e. The van der Waals surface area contributed by atoms with Crippen molar-refractivity contribution in [3.63, 3.8) is 0 Å². The number of rotatable bonds is 5. The van der Waals surface area contributed by atoms with Gasteiger partial charge in [-0.05, 0) is 31.9 Å². The van der Waals surface area contributed by atoms with Gasteiger partial charge in [-0.2, -0.15) is 0 Å². The van der Waals surface area contributed by atoms with Gasteiger partial charge in [0.25, 0.3) is 0 Å². The third kappa shape index (κ3) is 3.29. The second-order valence-electron chi connectivity index (χ2n) is 4.92. The fourth-order valence-corrected chi connectivity index (χ4v) is 2.18. The molecule has 0 saturated heterocycles. The summed E-state index contributed by atoms with van der Waals surface area (Å²) in [6, 6.07) is 5.74. The zero-order valence-electron chi connectivity index (χ0n) is 11.9. The second-order valence-corrected chi connectivity index (χ2v) is 5.33. The van der Waals surface area contributed by atoms with Crippen LogP contribution >= 0.6 is 11.6 Å². The Morgan fingerprint density at radius 2 is 2.15 bits per heavy atom. The van der Waals surface area contributed by atoms with E-state index in [9.17, 15) is 0 Å². The number of aryl methyl sites for hydroxylation is 1. The molecule has 0 saturated carbocycles. The SMILES string of the molecule is Cc1nnc(COc2c(Cl)cccc2CC(C)N)n1C. The molecule has 108 valence electrons. The first kappa shape index (κ1) is 14.8. The van der Waals surface area contributed by atoms with E-state index in [1.54, 1.807) is 0 Å². The maximum Gasteiger partial charge on any atom is 0.170 e. The van der Waals surface area contributed by atoms with Crippen LogP contribution in [0.1, 0.15) is 24.1 Å². The predicted octanol–water partition coefficient (Wildman–Crippen LogP) is 2.25. The highest BCUT2D eigenvalue weighted by Gasteiger charge is 2.12. The molecule has 2 N–H and O–H groups in total. The maximum atomic E-state index is 6.22. The molecule has 1 aromatic heterocycles. The molecule has 1 aromatic carbocycles. The zero-order chi connectivity index (χ0) is 14.7. The van der Waals surface area contributed by atoms with Crippen LogP contribution in [0, 0.1) is 6.92 Å². The van der Waals surface area contributed by atoms with Crippen molar-refractivity contribution in [3.05, 3.63) is 40.4 Å². The Morgan fingerprint density at radius 3 is 2.75 bits per heavy atom. The summed E-state index contributed by atoms with van der Waals surface area (Å²) in [6.07, 6.45) is 0.716. The summed E-state index contributed by atoms with van der Waals surface area (Å²) in [7, 11) is 1.91. The minimum Gasteiger partial charge on any atom is -0.484 e. The van der Waals surface area contributed by atoms with Crippen molar-refractivity contribution >= 4 is 11.6 Å². The van der Waals surface area contributed by atoms with E-state index in [0.29, 0.717) is 23.8 Å². The first-order valence-corrected chi connectivity index (χ1v) is 6.87. The monoisotopic (exact) mass is 294 g/mol. The molecule has 0 radical (unpaired) electrons. The molecule has 0 aliphatic rings. The van der Waals surface area contributed by atoms with Crippen LogP contribution in [-0.2, 0) is 20.1 Å². The molecule has 0 aliphatic carbocycles. The van der Waals surface area contributed by atoms with E-state index in [1.165, 1.54) is 0 Å². The first-order chi connectivity index (χ1) is 9.49. The van der Waals surface area contributed by atoms with Crippen molar-refractivity contribution in [1.29, 1.82) is 0 Å². The van der Waals surface area contributed by atoms with Crippen LogP contribution in [0.3, 0.4) is 0 Å². The number of para-hydroxylation sites is 1.